The molecule has 0 saturated carbocycles. The Morgan fingerprint density at radius 3 is 2.64 bits per heavy atom. The van der Waals surface area contributed by atoms with Crippen molar-refractivity contribution in [1.29, 1.82) is 0 Å². The molecule has 0 bridgehead atoms. The minimum Gasteiger partial charge on any atom is -0.347 e. The number of nitrogens with zero attached hydrogens (tertiary/aromatic N) is 1. The van der Waals surface area contributed by atoms with E-state index >= 15 is 0 Å². The third-order valence-corrected chi connectivity index (χ3v) is 4.19. The average Bonchev–Trinajstić information content (AvgIpc) is 2.98. The first-order valence-electron chi connectivity index (χ1n) is 7.65. The molecule has 1 heterocycles. The summed E-state index contributed by atoms with van der Waals surface area (Å²) >= 11 is 0. The Morgan fingerprint density at radius 2 is 2.09 bits per heavy atom. The van der Waals surface area contributed by atoms with Gasteiger partial charge in [-0.3, -0.25) is 14.9 Å². The first kappa shape index (κ1) is 16.4. The van der Waals surface area contributed by atoms with Gasteiger partial charge in [0.2, 0.25) is 5.91 Å². The maximum atomic E-state index is 12.1. The van der Waals surface area contributed by atoms with E-state index in [4.69, 9.17) is 0 Å². The predicted octanol–water partition coefficient (Wildman–Crippen LogP) is 2.34. The second-order valence-corrected chi connectivity index (χ2v) is 6.37. The number of rotatable bonds is 6. The van der Waals surface area contributed by atoms with Gasteiger partial charge in [0.25, 0.3) is 5.69 Å². The van der Waals surface area contributed by atoms with Gasteiger partial charge in [0, 0.05) is 18.6 Å². The number of hydrogen-bond acceptors (Lipinski definition) is 4. The van der Waals surface area contributed by atoms with E-state index in [1.165, 1.54) is 12.1 Å². The molecule has 22 heavy (non-hydrogen) atoms. The minimum absolute atomic E-state index is 0.0234. The summed E-state index contributed by atoms with van der Waals surface area (Å²) in [7, 11) is 0. The summed E-state index contributed by atoms with van der Waals surface area (Å²) in [5.74, 6) is 0.614. The Kier molecular flexibility index (Phi) is 5.13. The van der Waals surface area contributed by atoms with Gasteiger partial charge in [0.05, 0.1) is 10.5 Å². The molecule has 0 radical (unpaired) electrons. The van der Waals surface area contributed by atoms with Crippen molar-refractivity contribution in [2.75, 3.05) is 13.1 Å². The van der Waals surface area contributed by atoms with Crippen LogP contribution in [0, 0.1) is 16.0 Å². The Labute approximate surface area is 130 Å². The number of carbonyl (C=O) groups is 1. The fourth-order valence-corrected chi connectivity index (χ4v) is 2.78. The van der Waals surface area contributed by atoms with Crippen LogP contribution < -0.4 is 10.6 Å². The largest absolute Gasteiger partial charge is 0.347 e. The molecule has 1 unspecified atom stereocenters. The summed E-state index contributed by atoms with van der Waals surface area (Å²) in [4.78, 5) is 22.4. The van der Waals surface area contributed by atoms with Crippen LogP contribution in [-0.4, -0.2) is 23.9 Å². The summed E-state index contributed by atoms with van der Waals surface area (Å²) in [5, 5.41) is 17.0. The number of benzene rings is 1. The van der Waals surface area contributed by atoms with Gasteiger partial charge >= 0.3 is 0 Å². The van der Waals surface area contributed by atoms with Crippen LogP contribution >= 0.6 is 0 Å². The van der Waals surface area contributed by atoms with Gasteiger partial charge in [-0.25, -0.2) is 0 Å². The van der Waals surface area contributed by atoms with E-state index in [1.54, 1.807) is 12.1 Å². The molecule has 0 aliphatic carbocycles. The van der Waals surface area contributed by atoms with Crippen LogP contribution in [0.15, 0.2) is 24.3 Å². The summed E-state index contributed by atoms with van der Waals surface area (Å²) in [5.41, 5.74) is 0.369. The van der Waals surface area contributed by atoms with Crippen LogP contribution in [0.25, 0.3) is 0 Å². The van der Waals surface area contributed by atoms with E-state index in [0.717, 1.165) is 31.5 Å². The van der Waals surface area contributed by atoms with E-state index in [2.05, 4.69) is 10.6 Å². The van der Waals surface area contributed by atoms with Crippen molar-refractivity contribution in [3.8, 4) is 0 Å². The van der Waals surface area contributed by atoms with Crippen molar-refractivity contribution in [3.05, 3.63) is 39.9 Å². The molecule has 0 aromatic heterocycles. The Balaban J connectivity index is 1.91. The van der Waals surface area contributed by atoms with Gasteiger partial charge in [-0.2, -0.15) is 0 Å². The van der Waals surface area contributed by atoms with Crippen LogP contribution in [-0.2, 0) is 10.3 Å². The van der Waals surface area contributed by atoms with Crippen molar-refractivity contribution < 1.29 is 9.72 Å². The van der Waals surface area contributed by atoms with Crippen LogP contribution in [0.4, 0.5) is 5.69 Å². The number of nitro benzene ring substituents is 1. The zero-order valence-electron chi connectivity index (χ0n) is 13.1. The molecule has 1 aliphatic heterocycles. The Morgan fingerprint density at radius 1 is 1.41 bits per heavy atom. The highest BCUT2D eigenvalue weighted by Crippen LogP contribution is 2.23. The van der Waals surface area contributed by atoms with Crippen LogP contribution in [0.2, 0.25) is 0 Å². The van der Waals surface area contributed by atoms with Crippen LogP contribution in [0.3, 0.4) is 0 Å². The fraction of sp³-hybridized carbons (Fsp3) is 0.562. The number of non-ortho nitro benzene ring substituents is 1. The monoisotopic (exact) mass is 305 g/mol. The van der Waals surface area contributed by atoms with Crippen molar-refractivity contribution >= 4 is 11.6 Å². The van der Waals surface area contributed by atoms with E-state index < -0.39 is 10.5 Å². The fourth-order valence-electron chi connectivity index (χ4n) is 2.78. The standard InChI is InChI=1S/C16H23N3O3/c1-16(2,13-4-6-14(7-5-13)19(21)22)18-15(20)8-3-12-9-10-17-11-12/h4-7,12,17H,3,8-11H2,1-2H3,(H,18,20). The zero-order chi connectivity index (χ0) is 16.2. The molecule has 1 aromatic carbocycles. The SMILES string of the molecule is CC(C)(NC(=O)CCC1CCNC1)c1ccc([N+](=O)[O-])cc1. The second kappa shape index (κ2) is 6.87. The molecule has 6 nitrogen and oxygen atoms in total. The van der Waals surface area contributed by atoms with Gasteiger partial charge in [-0.1, -0.05) is 0 Å². The average molecular weight is 305 g/mol. The molecule has 1 atom stereocenters. The zero-order valence-corrected chi connectivity index (χ0v) is 13.1. The first-order valence-corrected chi connectivity index (χ1v) is 7.65. The lowest BCUT2D eigenvalue weighted by Gasteiger charge is -2.27. The molecule has 1 saturated heterocycles. The molecule has 1 fully saturated rings. The lowest BCUT2D eigenvalue weighted by atomic mass is 9.93. The van der Waals surface area contributed by atoms with Gasteiger partial charge in [-0.15, -0.1) is 0 Å². The van der Waals surface area contributed by atoms with Gasteiger partial charge in [0.15, 0.2) is 0 Å². The number of hydrogen-bond donors (Lipinski definition) is 2. The highest BCUT2D eigenvalue weighted by Gasteiger charge is 2.24. The van der Waals surface area contributed by atoms with Crippen LogP contribution in [0.1, 0.15) is 38.7 Å². The molecule has 1 aliphatic rings. The Bertz CT molecular complexity index is 534. The van der Waals surface area contributed by atoms with Crippen molar-refractivity contribution in [3.63, 3.8) is 0 Å². The first-order chi connectivity index (χ1) is 10.4. The lowest BCUT2D eigenvalue weighted by molar-refractivity contribution is -0.384. The molecular formula is C16H23N3O3. The summed E-state index contributed by atoms with van der Waals surface area (Å²) in [6.07, 6.45) is 2.55. The van der Waals surface area contributed by atoms with Gasteiger partial charge < -0.3 is 10.6 Å². The lowest BCUT2D eigenvalue weighted by Crippen LogP contribution is -2.41. The highest BCUT2D eigenvalue weighted by atomic mass is 16.6. The van der Waals surface area contributed by atoms with Crippen molar-refractivity contribution in [2.24, 2.45) is 5.92 Å². The van der Waals surface area contributed by atoms with Crippen molar-refractivity contribution in [1.82, 2.24) is 10.6 Å². The smallest absolute Gasteiger partial charge is 0.269 e. The van der Waals surface area contributed by atoms with Gasteiger partial charge in [0.1, 0.15) is 0 Å². The predicted molar refractivity (Wildman–Crippen MR) is 84.5 cm³/mol. The minimum atomic E-state index is -0.542. The molecular weight excluding hydrogens is 282 g/mol. The molecule has 1 aromatic rings. The van der Waals surface area contributed by atoms with Crippen LogP contribution in [0.5, 0.6) is 0 Å². The third-order valence-electron chi connectivity index (χ3n) is 4.19. The van der Waals surface area contributed by atoms with E-state index in [9.17, 15) is 14.9 Å². The summed E-state index contributed by atoms with van der Waals surface area (Å²) in [6.45, 7) is 5.85. The maximum Gasteiger partial charge on any atom is 0.269 e. The topological polar surface area (TPSA) is 84.3 Å². The Hall–Kier alpha value is -1.95. The molecule has 2 rings (SSSR count). The van der Waals surface area contributed by atoms with E-state index in [-0.39, 0.29) is 11.6 Å². The summed E-state index contributed by atoms with van der Waals surface area (Å²) < 4.78 is 0. The number of nitrogens with one attached hydrogen (secondary N) is 2. The third kappa shape index (κ3) is 4.27. The molecule has 1 amide bonds. The normalized spacial score (nSPS) is 18.2. The molecule has 2 N–H and O–H groups in total. The molecule has 0 spiro atoms. The number of carbonyl (C=O) groups excluding carboxylic acids is 1. The summed E-state index contributed by atoms with van der Waals surface area (Å²) in [6, 6.07) is 6.32. The van der Waals surface area contributed by atoms with Gasteiger partial charge in [-0.05, 0) is 63.4 Å². The quantitative estimate of drug-likeness (QED) is 0.624. The molecule has 120 valence electrons. The number of nitro groups is 1. The van der Waals surface area contributed by atoms with E-state index in [0.29, 0.717) is 12.3 Å². The maximum absolute atomic E-state index is 12.1. The molecule has 6 heteroatoms. The van der Waals surface area contributed by atoms with Crippen molar-refractivity contribution in [2.45, 2.75) is 38.6 Å². The second-order valence-electron chi connectivity index (χ2n) is 6.37. The van der Waals surface area contributed by atoms with E-state index in [1.807, 2.05) is 13.8 Å². The highest BCUT2D eigenvalue weighted by molar-refractivity contribution is 5.77. The number of amides is 1.